The SMILES string of the molecule is CC(C)(C)OC(=O)N1CC[C@H](NCCC#N)C1. The molecule has 96 valence electrons. The minimum atomic E-state index is -0.441. The summed E-state index contributed by atoms with van der Waals surface area (Å²) < 4.78 is 5.30. The number of amides is 1. The number of nitriles is 1. The van der Waals surface area contributed by atoms with Crippen molar-refractivity contribution in [3.63, 3.8) is 0 Å². The van der Waals surface area contributed by atoms with Gasteiger partial charge in [0.25, 0.3) is 0 Å². The van der Waals surface area contributed by atoms with E-state index in [2.05, 4.69) is 11.4 Å². The molecule has 1 fully saturated rings. The summed E-state index contributed by atoms with van der Waals surface area (Å²) in [6.07, 6.45) is 1.18. The molecule has 1 N–H and O–H groups in total. The molecule has 1 aliphatic heterocycles. The van der Waals surface area contributed by atoms with Crippen molar-refractivity contribution in [2.24, 2.45) is 0 Å². The van der Waals surface area contributed by atoms with Crippen LogP contribution in [0.25, 0.3) is 0 Å². The van der Waals surface area contributed by atoms with Gasteiger partial charge < -0.3 is 15.0 Å². The monoisotopic (exact) mass is 239 g/mol. The molecule has 5 heteroatoms. The molecule has 0 aromatic carbocycles. The molecule has 1 amide bonds. The number of nitrogens with zero attached hydrogens (tertiary/aromatic N) is 2. The van der Waals surface area contributed by atoms with Crippen LogP contribution in [-0.2, 0) is 4.74 Å². The zero-order chi connectivity index (χ0) is 12.9. The maximum atomic E-state index is 11.8. The Kier molecular flexibility index (Phi) is 4.76. The van der Waals surface area contributed by atoms with Gasteiger partial charge in [-0.3, -0.25) is 0 Å². The van der Waals surface area contributed by atoms with Crippen molar-refractivity contribution in [2.45, 2.75) is 45.3 Å². The highest BCUT2D eigenvalue weighted by molar-refractivity contribution is 5.68. The van der Waals surface area contributed by atoms with E-state index in [0.717, 1.165) is 13.0 Å². The fraction of sp³-hybridized carbons (Fsp3) is 0.833. The summed E-state index contributed by atoms with van der Waals surface area (Å²) in [6.45, 7) is 7.67. The van der Waals surface area contributed by atoms with Gasteiger partial charge in [0.15, 0.2) is 0 Å². The molecule has 0 unspecified atom stereocenters. The molecule has 0 aliphatic carbocycles. The third-order valence-corrected chi connectivity index (χ3v) is 2.51. The molecule has 1 heterocycles. The maximum absolute atomic E-state index is 11.8. The van der Waals surface area contributed by atoms with Gasteiger partial charge in [-0.15, -0.1) is 0 Å². The first-order chi connectivity index (χ1) is 7.92. The first-order valence-electron chi connectivity index (χ1n) is 6.00. The number of carbonyl (C=O) groups excluding carboxylic acids is 1. The summed E-state index contributed by atoms with van der Waals surface area (Å²) in [7, 11) is 0. The third kappa shape index (κ3) is 5.05. The first kappa shape index (κ1) is 13.8. The van der Waals surface area contributed by atoms with Crippen LogP contribution in [0.15, 0.2) is 0 Å². The Balaban J connectivity index is 2.30. The number of nitrogens with one attached hydrogen (secondary N) is 1. The van der Waals surface area contributed by atoms with Crippen LogP contribution in [0.3, 0.4) is 0 Å². The molecule has 1 saturated heterocycles. The van der Waals surface area contributed by atoms with Crippen LogP contribution in [0.2, 0.25) is 0 Å². The lowest BCUT2D eigenvalue weighted by atomic mass is 10.2. The highest BCUT2D eigenvalue weighted by Crippen LogP contribution is 2.15. The minimum Gasteiger partial charge on any atom is -0.444 e. The number of hydrogen-bond acceptors (Lipinski definition) is 4. The first-order valence-corrected chi connectivity index (χ1v) is 6.00. The van der Waals surface area contributed by atoms with E-state index in [1.165, 1.54) is 0 Å². The Morgan fingerprint density at radius 3 is 2.88 bits per heavy atom. The summed E-state index contributed by atoms with van der Waals surface area (Å²) in [6, 6.07) is 2.38. The minimum absolute atomic E-state index is 0.248. The molecule has 0 saturated carbocycles. The molecule has 0 aromatic heterocycles. The van der Waals surface area contributed by atoms with Crippen LogP contribution >= 0.6 is 0 Å². The van der Waals surface area contributed by atoms with Crippen molar-refractivity contribution in [1.29, 1.82) is 5.26 Å². The smallest absolute Gasteiger partial charge is 0.410 e. The molecule has 0 bridgehead atoms. The third-order valence-electron chi connectivity index (χ3n) is 2.51. The van der Waals surface area contributed by atoms with Crippen molar-refractivity contribution >= 4 is 6.09 Å². The number of ether oxygens (including phenoxy) is 1. The predicted molar refractivity (Wildman–Crippen MR) is 64.4 cm³/mol. The van der Waals surface area contributed by atoms with Crippen LogP contribution in [0.1, 0.15) is 33.6 Å². The average molecular weight is 239 g/mol. The van der Waals surface area contributed by atoms with Gasteiger partial charge in [-0.05, 0) is 27.2 Å². The van der Waals surface area contributed by atoms with Crippen molar-refractivity contribution < 1.29 is 9.53 Å². The molecule has 0 aromatic rings. The van der Waals surface area contributed by atoms with Gasteiger partial charge in [0.05, 0.1) is 6.07 Å². The molecular weight excluding hydrogens is 218 g/mol. The van der Waals surface area contributed by atoms with Gasteiger partial charge in [0.2, 0.25) is 0 Å². The Morgan fingerprint density at radius 1 is 1.59 bits per heavy atom. The van der Waals surface area contributed by atoms with Crippen molar-refractivity contribution in [2.75, 3.05) is 19.6 Å². The molecule has 17 heavy (non-hydrogen) atoms. The van der Waals surface area contributed by atoms with Crippen molar-refractivity contribution in [3.05, 3.63) is 0 Å². The quantitative estimate of drug-likeness (QED) is 0.758. The Bertz CT molecular complexity index is 304. The largest absolute Gasteiger partial charge is 0.444 e. The summed E-state index contributed by atoms with van der Waals surface area (Å²) in [5.74, 6) is 0. The zero-order valence-corrected chi connectivity index (χ0v) is 10.8. The molecule has 1 atom stereocenters. The standard InChI is InChI=1S/C12H21N3O2/c1-12(2,3)17-11(16)15-8-5-10(9-15)14-7-4-6-13/h10,14H,4-5,7-9H2,1-3H3/t10-/m0/s1. The van der Waals surface area contributed by atoms with Crippen molar-refractivity contribution in [3.8, 4) is 6.07 Å². The van der Waals surface area contributed by atoms with Crippen LogP contribution < -0.4 is 5.32 Å². The van der Waals surface area contributed by atoms with Gasteiger partial charge in [0.1, 0.15) is 5.60 Å². The molecule has 1 aliphatic rings. The summed E-state index contributed by atoms with van der Waals surface area (Å²) in [4.78, 5) is 13.5. The average Bonchev–Trinajstić information content (AvgIpc) is 2.64. The van der Waals surface area contributed by atoms with E-state index < -0.39 is 5.60 Å². The predicted octanol–water partition coefficient (Wildman–Crippen LogP) is 1.50. The van der Waals surface area contributed by atoms with E-state index in [0.29, 0.717) is 19.5 Å². The maximum Gasteiger partial charge on any atom is 0.410 e. The lowest BCUT2D eigenvalue weighted by Crippen LogP contribution is -2.38. The van der Waals surface area contributed by atoms with E-state index in [-0.39, 0.29) is 12.1 Å². The number of hydrogen-bond donors (Lipinski definition) is 1. The van der Waals surface area contributed by atoms with Gasteiger partial charge in [0, 0.05) is 32.1 Å². The molecule has 1 rings (SSSR count). The molecule has 0 spiro atoms. The lowest BCUT2D eigenvalue weighted by molar-refractivity contribution is 0.0291. The lowest BCUT2D eigenvalue weighted by Gasteiger charge is -2.24. The highest BCUT2D eigenvalue weighted by atomic mass is 16.6. The van der Waals surface area contributed by atoms with Gasteiger partial charge in [-0.2, -0.15) is 5.26 Å². The van der Waals surface area contributed by atoms with Crippen LogP contribution in [0.5, 0.6) is 0 Å². The number of carbonyl (C=O) groups is 1. The summed E-state index contributed by atoms with van der Waals surface area (Å²) in [5, 5.41) is 11.7. The topological polar surface area (TPSA) is 65.4 Å². The Hall–Kier alpha value is -1.28. The second-order valence-corrected chi connectivity index (χ2v) is 5.27. The van der Waals surface area contributed by atoms with E-state index in [1.807, 2.05) is 20.8 Å². The summed E-state index contributed by atoms with van der Waals surface area (Å²) in [5.41, 5.74) is -0.441. The fourth-order valence-electron chi connectivity index (χ4n) is 1.75. The van der Waals surface area contributed by atoms with E-state index in [9.17, 15) is 4.79 Å². The van der Waals surface area contributed by atoms with Crippen molar-refractivity contribution in [1.82, 2.24) is 10.2 Å². The second-order valence-electron chi connectivity index (χ2n) is 5.27. The van der Waals surface area contributed by atoms with E-state index in [1.54, 1.807) is 4.90 Å². The number of likely N-dealkylation sites (tertiary alicyclic amines) is 1. The van der Waals surface area contributed by atoms with E-state index >= 15 is 0 Å². The second kappa shape index (κ2) is 5.87. The van der Waals surface area contributed by atoms with Crippen LogP contribution in [-0.4, -0.2) is 42.3 Å². The Morgan fingerprint density at radius 2 is 2.29 bits per heavy atom. The molecule has 0 radical (unpaired) electrons. The Labute approximate surface area is 103 Å². The van der Waals surface area contributed by atoms with E-state index in [4.69, 9.17) is 10.00 Å². The zero-order valence-electron chi connectivity index (χ0n) is 10.8. The number of rotatable bonds is 3. The van der Waals surface area contributed by atoms with Gasteiger partial charge in [-0.25, -0.2) is 4.79 Å². The van der Waals surface area contributed by atoms with Crippen LogP contribution in [0.4, 0.5) is 4.79 Å². The van der Waals surface area contributed by atoms with Gasteiger partial charge >= 0.3 is 6.09 Å². The summed E-state index contributed by atoms with van der Waals surface area (Å²) >= 11 is 0. The highest BCUT2D eigenvalue weighted by Gasteiger charge is 2.29. The van der Waals surface area contributed by atoms with Crippen LogP contribution in [0, 0.1) is 11.3 Å². The molecular formula is C12H21N3O2. The fourth-order valence-corrected chi connectivity index (χ4v) is 1.75. The van der Waals surface area contributed by atoms with Gasteiger partial charge in [-0.1, -0.05) is 0 Å². The normalized spacial score (nSPS) is 20.1. The molecule has 5 nitrogen and oxygen atoms in total.